The molecule has 1 unspecified atom stereocenters. The standard InChI is InChI=1S/C22H25N7O3S/c1-14-24-20-19(21(25-14)29-7-6-28-8-9-32-12-15(28)11-29)17-3-2-16(10-18(17)26-20)33(30,31)27-22(13-23)4-5-22/h2-3,10,15,27H,4-9,11-12H2,1H3,(H,24,25,26). The van der Waals surface area contributed by atoms with Crippen LogP contribution in [0.15, 0.2) is 23.1 Å². The normalized spacial score (nSPS) is 22.9. The first-order chi connectivity index (χ1) is 15.9. The van der Waals surface area contributed by atoms with Crippen molar-refractivity contribution in [1.82, 2.24) is 24.6 Å². The third kappa shape index (κ3) is 3.54. The molecular formula is C22H25N7O3S. The number of fused-ring (bicyclic) bond motifs is 4. The van der Waals surface area contributed by atoms with Crippen LogP contribution in [0, 0.1) is 18.3 Å². The number of hydrogen-bond donors (Lipinski definition) is 2. The summed E-state index contributed by atoms with van der Waals surface area (Å²) in [5.41, 5.74) is 0.401. The van der Waals surface area contributed by atoms with Crippen LogP contribution in [0.25, 0.3) is 21.9 Å². The number of ether oxygens (including phenoxy) is 1. The van der Waals surface area contributed by atoms with Gasteiger partial charge in [-0.3, -0.25) is 4.90 Å². The quantitative estimate of drug-likeness (QED) is 0.587. The zero-order valence-electron chi connectivity index (χ0n) is 18.3. The van der Waals surface area contributed by atoms with Crippen molar-refractivity contribution < 1.29 is 13.2 Å². The van der Waals surface area contributed by atoms with Gasteiger partial charge in [-0.1, -0.05) is 6.07 Å². The molecule has 2 aromatic heterocycles. The lowest BCUT2D eigenvalue weighted by Gasteiger charge is -2.44. The van der Waals surface area contributed by atoms with Crippen molar-refractivity contribution in [2.45, 2.75) is 36.2 Å². The highest BCUT2D eigenvalue weighted by Crippen LogP contribution is 2.37. The van der Waals surface area contributed by atoms with Gasteiger partial charge in [-0.05, 0) is 31.9 Å². The first-order valence-corrected chi connectivity index (χ1v) is 12.7. The van der Waals surface area contributed by atoms with Crippen molar-refractivity contribution in [3.63, 3.8) is 0 Å². The van der Waals surface area contributed by atoms with Crippen LogP contribution >= 0.6 is 0 Å². The zero-order chi connectivity index (χ0) is 22.8. The van der Waals surface area contributed by atoms with E-state index in [4.69, 9.17) is 9.72 Å². The number of nitrogens with zero attached hydrogens (tertiary/aromatic N) is 5. The molecular weight excluding hydrogens is 442 g/mol. The highest BCUT2D eigenvalue weighted by molar-refractivity contribution is 7.89. The molecule has 3 aliphatic rings. The van der Waals surface area contributed by atoms with Crippen molar-refractivity contribution in [2.75, 3.05) is 44.3 Å². The van der Waals surface area contributed by atoms with Crippen LogP contribution in [0.2, 0.25) is 0 Å². The Kier molecular flexibility index (Phi) is 4.64. The molecule has 33 heavy (non-hydrogen) atoms. The largest absolute Gasteiger partial charge is 0.378 e. The fourth-order valence-corrected chi connectivity index (χ4v) is 6.28. The SMILES string of the molecule is Cc1nc(N2CCN3CCOCC3C2)c2c(n1)[nH]c1cc(S(=O)(=O)NC3(C#N)CC3)ccc12. The van der Waals surface area contributed by atoms with Crippen LogP contribution in [0.3, 0.4) is 0 Å². The monoisotopic (exact) mass is 467 g/mol. The zero-order valence-corrected chi connectivity index (χ0v) is 19.2. The van der Waals surface area contributed by atoms with E-state index >= 15 is 0 Å². The highest BCUT2D eigenvalue weighted by Gasteiger charge is 2.46. The van der Waals surface area contributed by atoms with Gasteiger partial charge >= 0.3 is 0 Å². The minimum absolute atomic E-state index is 0.127. The lowest BCUT2D eigenvalue weighted by Crippen LogP contribution is -2.58. The van der Waals surface area contributed by atoms with Gasteiger partial charge in [0.15, 0.2) is 0 Å². The van der Waals surface area contributed by atoms with Crippen molar-refractivity contribution in [2.24, 2.45) is 0 Å². The number of rotatable bonds is 4. The predicted molar refractivity (Wildman–Crippen MR) is 122 cm³/mol. The number of H-pyrrole nitrogens is 1. The van der Waals surface area contributed by atoms with Gasteiger partial charge in [0.2, 0.25) is 10.0 Å². The summed E-state index contributed by atoms with van der Waals surface area (Å²) in [6, 6.07) is 7.40. The topological polar surface area (TPSA) is 127 Å². The molecule has 1 aliphatic carbocycles. The maximum absolute atomic E-state index is 12.9. The third-order valence-corrected chi connectivity index (χ3v) is 8.39. The molecule has 10 nitrogen and oxygen atoms in total. The van der Waals surface area contributed by atoms with E-state index in [1.807, 2.05) is 6.92 Å². The molecule has 11 heteroatoms. The molecule has 0 spiro atoms. The molecule has 2 N–H and O–H groups in total. The van der Waals surface area contributed by atoms with Gasteiger partial charge < -0.3 is 14.6 Å². The van der Waals surface area contributed by atoms with Crippen LogP contribution < -0.4 is 9.62 Å². The molecule has 3 fully saturated rings. The van der Waals surface area contributed by atoms with Gasteiger partial charge in [0.25, 0.3) is 0 Å². The number of aromatic nitrogens is 3. The van der Waals surface area contributed by atoms with Crippen molar-refractivity contribution >= 4 is 37.8 Å². The predicted octanol–water partition coefficient (Wildman–Crippen LogP) is 1.27. The van der Waals surface area contributed by atoms with E-state index in [-0.39, 0.29) is 4.90 Å². The van der Waals surface area contributed by atoms with E-state index < -0.39 is 15.6 Å². The summed E-state index contributed by atoms with van der Waals surface area (Å²) in [6.07, 6.45) is 1.07. The van der Waals surface area contributed by atoms with E-state index in [1.54, 1.807) is 18.2 Å². The minimum Gasteiger partial charge on any atom is -0.378 e. The number of anilines is 1. The third-order valence-electron chi connectivity index (χ3n) is 6.86. The van der Waals surface area contributed by atoms with Gasteiger partial charge in [0.05, 0.1) is 35.6 Å². The second-order valence-electron chi connectivity index (χ2n) is 9.16. The molecule has 0 amide bonds. The van der Waals surface area contributed by atoms with E-state index in [9.17, 15) is 13.7 Å². The molecule has 0 radical (unpaired) electrons. The summed E-state index contributed by atoms with van der Waals surface area (Å²) in [5.74, 6) is 1.52. The highest BCUT2D eigenvalue weighted by atomic mass is 32.2. The lowest BCUT2D eigenvalue weighted by atomic mass is 10.1. The summed E-state index contributed by atoms with van der Waals surface area (Å²) in [7, 11) is -3.81. The minimum atomic E-state index is -3.81. The van der Waals surface area contributed by atoms with Crippen molar-refractivity contribution in [1.29, 1.82) is 5.26 Å². The second kappa shape index (κ2) is 7.36. The summed E-state index contributed by atoms with van der Waals surface area (Å²) in [4.78, 5) is 17.6. The molecule has 2 aliphatic heterocycles. The average Bonchev–Trinajstić information content (AvgIpc) is 3.48. The van der Waals surface area contributed by atoms with Crippen molar-refractivity contribution in [3.8, 4) is 6.07 Å². The Labute approximate surface area is 191 Å². The molecule has 3 aromatic rings. The lowest BCUT2D eigenvalue weighted by molar-refractivity contribution is -0.0117. The molecule has 172 valence electrons. The first kappa shape index (κ1) is 20.8. The smallest absolute Gasteiger partial charge is 0.242 e. The van der Waals surface area contributed by atoms with Crippen LogP contribution in [-0.2, 0) is 14.8 Å². The summed E-state index contributed by atoms with van der Waals surface area (Å²) in [5, 5.41) is 11.0. The number of aromatic amines is 1. The van der Waals surface area contributed by atoms with E-state index in [0.717, 1.165) is 56.0 Å². The van der Waals surface area contributed by atoms with Crippen LogP contribution in [0.4, 0.5) is 5.82 Å². The molecule has 1 saturated carbocycles. The number of nitrogens with one attached hydrogen (secondary N) is 2. The Balaban J connectivity index is 1.41. The van der Waals surface area contributed by atoms with E-state index in [2.05, 4.69) is 30.6 Å². The van der Waals surface area contributed by atoms with Gasteiger partial charge in [-0.25, -0.2) is 18.4 Å². The Morgan fingerprint density at radius 3 is 2.91 bits per heavy atom. The number of morpholine rings is 1. The fraction of sp³-hybridized carbons (Fsp3) is 0.500. The number of nitriles is 1. The van der Waals surface area contributed by atoms with Gasteiger partial charge in [0, 0.05) is 37.1 Å². The number of hydrogen-bond acceptors (Lipinski definition) is 8. The van der Waals surface area contributed by atoms with Gasteiger partial charge in [-0.2, -0.15) is 9.98 Å². The van der Waals surface area contributed by atoms with Gasteiger partial charge in [0.1, 0.15) is 22.8 Å². The molecule has 6 rings (SSSR count). The molecule has 1 aromatic carbocycles. The Bertz CT molecular complexity index is 1410. The number of benzene rings is 1. The fourth-order valence-electron chi connectivity index (χ4n) is 4.88. The number of piperazine rings is 1. The second-order valence-corrected chi connectivity index (χ2v) is 10.8. The molecule has 2 saturated heterocycles. The molecule has 1 atom stereocenters. The van der Waals surface area contributed by atoms with Gasteiger partial charge in [-0.15, -0.1) is 0 Å². The van der Waals surface area contributed by atoms with Crippen LogP contribution in [0.5, 0.6) is 0 Å². The first-order valence-electron chi connectivity index (χ1n) is 11.2. The molecule has 4 heterocycles. The molecule has 0 bridgehead atoms. The van der Waals surface area contributed by atoms with Crippen LogP contribution in [0.1, 0.15) is 18.7 Å². The summed E-state index contributed by atoms with van der Waals surface area (Å²) < 4.78 is 34.0. The average molecular weight is 468 g/mol. The summed E-state index contributed by atoms with van der Waals surface area (Å²) in [6.45, 7) is 6.97. The number of aryl methyl sites for hydroxylation is 1. The maximum Gasteiger partial charge on any atom is 0.242 e. The summed E-state index contributed by atoms with van der Waals surface area (Å²) >= 11 is 0. The Morgan fingerprint density at radius 1 is 1.27 bits per heavy atom. The Hall–Kier alpha value is -2.78. The Morgan fingerprint density at radius 2 is 2.12 bits per heavy atom. The van der Waals surface area contributed by atoms with Crippen LogP contribution in [-0.4, -0.2) is 79.2 Å². The van der Waals surface area contributed by atoms with E-state index in [0.29, 0.717) is 35.9 Å². The maximum atomic E-state index is 12.9. The van der Waals surface area contributed by atoms with E-state index in [1.165, 1.54) is 0 Å². The van der Waals surface area contributed by atoms with Crippen molar-refractivity contribution in [3.05, 3.63) is 24.0 Å². The number of sulfonamides is 1.